The van der Waals surface area contributed by atoms with Gasteiger partial charge in [-0.2, -0.15) is 0 Å². The minimum Gasteiger partial charge on any atom is -0.440 e. The molecule has 3 aromatic rings. The molecule has 1 atom stereocenters. The summed E-state index contributed by atoms with van der Waals surface area (Å²) < 4.78 is 5.91. The van der Waals surface area contributed by atoms with Gasteiger partial charge in [-0.05, 0) is 62.7 Å². The van der Waals surface area contributed by atoms with Crippen LogP contribution in [0.2, 0.25) is 10.0 Å². The molecule has 4 rings (SSSR count). The molecule has 0 radical (unpaired) electrons. The lowest BCUT2D eigenvalue weighted by Gasteiger charge is -2.30. The monoisotopic (exact) mass is 431 g/mol. The Hall–Kier alpha value is -2.08. The Kier molecular flexibility index (Phi) is 6.09. The number of aromatic nitrogens is 1. The fourth-order valence-corrected chi connectivity index (χ4v) is 4.40. The SMILES string of the molecule is CC(NC(=O)CN1CCC(c2nc3ccccc3o2)CC1)c1ccc(Cl)cc1Cl. The molecule has 1 N–H and O–H groups in total. The van der Waals surface area contributed by atoms with Crippen LogP contribution in [0, 0.1) is 0 Å². The van der Waals surface area contributed by atoms with E-state index in [1.807, 2.05) is 37.3 Å². The lowest BCUT2D eigenvalue weighted by molar-refractivity contribution is -0.123. The van der Waals surface area contributed by atoms with E-state index < -0.39 is 0 Å². The van der Waals surface area contributed by atoms with Gasteiger partial charge in [-0.3, -0.25) is 9.69 Å². The summed E-state index contributed by atoms with van der Waals surface area (Å²) in [6, 6.07) is 13.0. The summed E-state index contributed by atoms with van der Waals surface area (Å²) in [5, 5.41) is 4.17. The van der Waals surface area contributed by atoms with Crippen LogP contribution >= 0.6 is 23.2 Å². The molecule has 1 aliphatic heterocycles. The highest BCUT2D eigenvalue weighted by Crippen LogP contribution is 2.30. The Bertz CT molecular complexity index is 979. The summed E-state index contributed by atoms with van der Waals surface area (Å²) in [6.45, 7) is 3.97. The lowest BCUT2D eigenvalue weighted by Crippen LogP contribution is -2.41. The van der Waals surface area contributed by atoms with E-state index in [9.17, 15) is 4.79 Å². The first-order chi connectivity index (χ1) is 14.0. The van der Waals surface area contributed by atoms with Crippen molar-refractivity contribution in [3.8, 4) is 0 Å². The number of piperidine rings is 1. The highest BCUT2D eigenvalue weighted by Gasteiger charge is 2.26. The van der Waals surface area contributed by atoms with E-state index in [4.69, 9.17) is 27.6 Å². The molecule has 0 saturated carbocycles. The Morgan fingerprint density at radius 1 is 1.24 bits per heavy atom. The molecule has 2 aromatic carbocycles. The van der Waals surface area contributed by atoms with Gasteiger partial charge in [0.2, 0.25) is 5.91 Å². The van der Waals surface area contributed by atoms with Gasteiger partial charge in [0.1, 0.15) is 5.52 Å². The molecule has 0 bridgehead atoms. The van der Waals surface area contributed by atoms with Gasteiger partial charge in [-0.25, -0.2) is 4.98 Å². The molecule has 1 aliphatic rings. The van der Waals surface area contributed by atoms with Gasteiger partial charge in [0.15, 0.2) is 11.5 Å². The topological polar surface area (TPSA) is 58.4 Å². The number of amides is 1. The zero-order valence-corrected chi connectivity index (χ0v) is 17.7. The molecule has 29 heavy (non-hydrogen) atoms. The number of rotatable bonds is 5. The van der Waals surface area contributed by atoms with Crippen molar-refractivity contribution < 1.29 is 9.21 Å². The van der Waals surface area contributed by atoms with Crippen LogP contribution in [-0.4, -0.2) is 35.4 Å². The third-order valence-electron chi connectivity index (χ3n) is 5.42. The van der Waals surface area contributed by atoms with Crippen LogP contribution in [-0.2, 0) is 4.79 Å². The Morgan fingerprint density at radius 3 is 2.72 bits per heavy atom. The number of carbonyl (C=O) groups is 1. The van der Waals surface area contributed by atoms with Crippen LogP contribution in [0.15, 0.2) is 46.9 Å². The highest BCUT2D eigenvalue weighted by atomic mass is 35.5. The van der Waals surface area contributed by atoms with Crippen molar-refractivity contribution in [3.63, 3.8) is 0 Å². The van der Waals surface area contributed by atoms with Crippen molar-refractivity contribution in [2.24, 2.45) is 0 Å². The second-order valence-electron chi connectivity index (χ2n) is 7.53. The predicted octanol–water partition coefficient (Wildman–Crippen LogP) is 5.19. The first-order valence-corrected chi connectivity index (χ1v) is 10.6. The third-order valence-corrected chi connectivity index (χ3v) is 5.98. The van der Waals surface area contributed by atoms with Crippen molar-refractivity contribution in [2.45, 2.75) is 31.7 Å². The maximum absolute atomic E-state index is 12.5. The molecule has 7 heteroatoms. The molecule has 5 nitrogen and oxygen atoms in total. The first-order valence-electron chi connectivity index (χ1n) is 9.82. The highest BCUT2D eigenvalue weighted by molar-refractivity contribution is 6.35. The number of fused-ring (bicyclic) bond motifs is 1. The van der Waals surface area contributed by atoms with E-state index in [0.29, 0.717) is 22.5 Å². The van der Waals surface area contributed by atoms with Gasteiger partial charge in [0.05, 0.1) is 12.6 Å². The molecule has 1 amide bonds. The summed E-state index contributed by atoms with van der Waals surface area (Å²) in [5.41, 5.74) is 2.59. The second kappa shape index (κ2) is 8.74. The summed E-state index contributed by atoms with van der Waals surface area (Å²) in [5.74, 6) is 1.10. The van der Waals surface area contributed by atoms with Crippen LogP contribution in [0.1, 0.15) is 43.2 Å². The van der Waals surface area contributed by atoms with Crippen LogP contribution in [0.25, 0.3) is 11.1 Å². The molecule has 1 aromatic heterocycles. The van der Waals surface area contributed by atoms with Gasteiger partial charge in [0.25, 0.3) is 0 Å². The minimum absolute atomic E-state index is 0.0103. The molecule has 1 saturated heterocycles. The van der Waals surface area contributed by atoms with Gasteiger partial charge >= 0.3 is 0 Å². The van der Waals surface area contributed by atoms with Crippen LogP contribution in [0.5, 0.6) is 0 Å². The normalized spacial score (nSPS) is 16.8. The Morgan fingerprint density at radius 2 is 2.00 bits per heavy atom. The Balaban J connectivity index is 1.29. The number of hydrogen-bond acceptors (Lipinski definition) is 4. The molecule has 1 unspecified atom stereocenters. The van der Waals surface area contributed by atoms with Crippen LogP contribution in [0.4, 0.5) is 0 Å². The van der Waals surface area contributed by atoms with Crippen molar-refractivity contribution in [3.05, 3.63) is 64.0 Å². The molecule has 0 spiro atoms. The van der Waals surface area contributed by atoms with Crippen molar-refractivity contribution in [1.82, 2.24) is 15.2 Å². The smallest absolute Gasteiger partial charge is 0.234 e. The lowest BCUT2D eigenvalue weighted by atomic mass is 9.97. The molecule has 1 fully saturated rings. The number of oxazole rings is 1. The van der Waals surface area contributed by atoms with Gasteiger partial charge in [-0.15, -0.1) is 0 Å². The van der Waals surface area contributed by atoms with E-state index in [2.05, 4.69) is 15.2 Å². The molecule has 152 valence electrons. The maximum atomic E-state index is 12.5. The number of benzene rings is 2. The summed E-state index contributed by atoms with van der Waals surface area (Å²) >= 11 is 12.2. The average molecular weight is 432 g/mol. The number of nitrogens with one attached hydrogen (secondary N) is 1. The van der Waals surface area contributed by atoms with E-state index in [1.165, 1.54) is 0 Å². The molecular weight excluding hydrogens is 409 g/mol. The van der Waals surface area contributed by atoms with Gasteiger partial charge in [-0.1, -0.05) is 41.4 Å². The van der Waals surface area contributed by atoms with E-state index >= 15 is 0 Å². The third kappa shape index (κ3) is 4.74. The van der Waals surface area contributed by atoms with Gasteiger partial charge in [0, 0.05) is 16.0 Å². The largest absolute Gasteiger partial charge is 0.440 e. The quantitative estimate of drug-likeness (QED) is 0.603. The van der Waals surface area contributed by atoms with E-state index in [-0.39, 0.29) is 11.9 Å². The summed E-state index contributed by atoms with van der Waals surface area (Å²) in [7, 11) is 0. The number of likely N-dealkylation sites (tertiary alicyclic amines) is 1. The predicted molar refractivity (Wildman–Crippen MR) is 115 cm³/mol. The molecule has 2 heterocycles. The zero-order chi connectivity index (χ0) is 20.4. The number of para-hydroxylation sites is 2. The second-order valence-corrected chi connectivity index (χ2v) is 8.37. The standard InChI is InChI=1S/C22H23Cl2N3O2/c1-14(17-7-6-16(23)12-18(17)24)25-21(28)13-27-10-8-15(9-11-27)22-26-19-4-2-3-5-20(19)29-22/h2-7,12,14-15H,8-11,13H2,1H3,(H,25,28). The van der Waals surface area contributed by atoms with Crippen LogP contribution < -0.4 is 5.32 Å². The fraction of sp³-hybridized carbons (Fsp3) is 0.364. The maximum Gasteiger partial charge on any atom is 0.234 e. The zero-order valence-electron chi connectivity index (χ0n) is 16.2. The number of nitrogens with zero attached hydrogens (tertiary/aromatic N) is 2. The molecular formula is C22H23Cl2N3O2. The molecule has 0 aliphatic carbocycles. The Labute approximate surface area is 180 Å². The number of hydrogen-bond donors (Lipinski definition) is 1. The minimum atomic E-state index is -0.176. The van der Waals surface area contributed by atoms with E-state index in [1.54, 1.807) is 12.1 Å². The summed E-state index contributed by atoms with van der Waals surface area (Å²) in [6.07, 6.45) is 1.86. The fourth-order valence-electron chi connectivity index (χ4n) is 3.82. The van der Waals surface area contributed by atoms with Crippen molar-refractivity contribution in [1.29, 1.82) is 0 Å². The summed E-state index contributed by atoms with van der Waals surface area (Å²) in [4.78, 5) is 19.3. The first kappa shape index (κ1) is 20.2. The average Bonchev–Trinajstić information content (AvgIpc) is 3.12. The van der Waals surface area contributed by atoms with Crippen molar-refractivity contribution >= 4 is 40.2 Å². The van der Waals surface area contributed by atoms with E-state index in [0.717, 1.165) is 48.5 Å². The number of halogens is 2. The van der Waals surface area contributed by atoms with Crippen molar-refractivity contribution in [2.75, 3.05) is 19.6 Å². The van der Waals surface area contributed by atoms with Crippen LogP contribution in [0.3, 0.4) is 0 Å². The number of carbonyl (C=O) groups excluding carboxylic acids is 1. The van der Waals surface area contributed by atoms with Gasteiger partial charge < -0.3 is 9.73 Å².